The van der Waals surface area contributed by atoms with Gasteiger partial charge in [-0.1, -0.05) is 0 Å². The Balaban J connectivity index is 0.000000165. The van der Waals surface area contributed by atoms with E-state index in [4.69, 9.17) is 11.5 Å². The van der Waals surface area contributed by atoms with Crippen molar-refractivity contribution < 1.29 is 14.4 Å². The zero-order valence-corrected chi connectivity index (χ0v) is 8.29. The summed E-state index contributed by atoms with van der Waals surface area (Å²) in [7, 11) is 0. The third kappa shape index (κ3) is 3.59. The second kappa shape index (κ2) is 5.73. The molecular formula is C8H11N5O3. The molecule has 0 radical (unpaired) electrons. The molecule has 0 spiro atoms. The summed E-state index contributed by atoms with van der Waals surface area (Å²) in [6, 6.07) is -0.458. The normalized spacial score (nSPS) is 18.3. The van der Waals surface area contributed by atoms with E-state index in [-0.39, 0.29) is 11.6 Å². The van der Waals surface area contributed by atoms with Crippen LogP contribution in [0.25, 0.3) is 0 Å². The molecule has 1 fully saturated rings. The van der Waals surface area contributed by atoms with Crippen LogP contribution in [0.1, 0.15) is 10.5 Å². The van der Waals surface area contributed by atoms with E-state index in [9.17, 15) is 9.59 Å². The van der Waals surface area contributed by atoms with Crippen molar-refractivity contribution >= 4 is 11.8 Å². The molecule has 1 aliphatic rings. The number of carbonyl (C=O) groups excluding carboxylic acids is 2. The lowest BCUT2D eigenvalue weighted by Gasteiger charge is -1.87. The Labute approximate surface area is 91.0 Å². The number of primary amides is 1. The Hall–Kier alpha value is -2.06. The van der Waals surface area contributed by atoms with Gasteiger partial charge in [0.05, 0.1) is 12.8 Å². The second-order valence-corrected chi connectivity index (χ2v) is 2.84. The number of hydrogen-bond acceptors (Lipinski definition) is 6. The van der Waals surface area contributed by atoms with Gasteiger partial charge >= 0.3 is 0 Å². The quantitative estimate of drug-likeness (QED) is 0.503. The molecule has 1 aliphatic heterocycles. The standard InChI is InChI=1S/C5H5N3O.C3H6N2O2/c6-5(9)4-3-7-1-2-8-4;4-2-1-7-5-3(2)6/h1-3H,(H2,6,9);2H,1,4H2,(H,5,6)/t;2-/m.1/s1. The van der Waals surface area contributed by atoms with E-state index in [2.05, 4.69) is 20.3 Å². The molecule has 0 aliphatic carbocycles. The maximum absolute atomic E-state index is 10.3. The van der Waals surface area contributed by atoms with Crippen molar-refractivity contribution in [1.82, 2.24) is 15.4 Å². The third-order valence-electron chi connectivity index (χ3n) is 1.59. The third-order valence-corrected chi connectivity index (χ3v) is 1.59. The SMILES string of the molecule is NC(=O)c1cnccn1.N[C@@H]1CONC1=O. The van der Waals surface area contributed by atoms with Gasteiger partial charge in [-0.05, 0) is 0 Å². The van der Waals surface area contributed by atoms with Gasteiger partial charge < -0.3 is 11.5 Å². The highest BCUT2D eigenvalue weighted by molar-refractivity contribution is 5.90. The predicted octanol–water partition coefficient (Wildman–Crippen LogP) is -2.05. The van der Waals surface area contributed by atoms with E-state index in [1.54, 1.807) is 0 Å². The van der Waals surface area contributed by atoms with Crippen LogP contribution in [0.2, 0.25) is 0 Å². The summed E-state index contributed by atoms with van der Waals surface area (Å²) in [5.41, 5.74) is 12.3. The summed E-state index contributed by atoms with van der Waals surface area (Å²) < 4.78 is 0. The number of aromatic nitrogens is 2. The average Bonchev–Trinajstić information content (AvgIpc) is 2.65. The molecule has 1 saturated heterocycles. The van der Waals surface area contributed by atoms with Gasteiger partial charge in [0.1, 0.15) is 11.7 Å². The highest BCUT2D eigenvalue weighted by atomic mass is 16.7. The zero-order valence-electron chi connectivity index (χ0n) is 8.29. The Bertz CT molecular complexity index is 369. The van der Waals surface area contributed by atoms with Crippen LogP contribution in [-0.2, 0) is 9.63 Å². The van der Waals surface area contributed by atoms with Crippen LogP contribution in [-0.4, -0.2) is 34.4 Å². The molecule has 1 aromatic heterocycles. The lowest BCUT2D eigenvalue weighted by atomic mass is 10.3. The fraction of sp³-hybridized carbons (Fsp3) is 0.250. The summed E-state index contributed by atoms with van der Waals surface area (Å²) in [6.07, 6.45) is 4.22. The van der Waals surface area contributed by atoms with Gasteiger partial charge in [0.15, 0.2) is 0 Å². The summed E-state index contributed by atoms with van der Waals surface area (Å²) in [6.45, 7) is 0.291. The fourth-order valence-corrected chi connectivity index (χ4v) is 0.780. The van der Waals surface area contributed by atoms with Crippen LogP contribution in [0.3, 0.4) is 0 Å². The minimum atomic E-state index is -0.553. The van der Waals surface area contributed by atoms with Gasteiger partial charge in [-0.25, -0.2) is 10.5 Å². The summed E-state index contributed by atoms with van der Waals surface area (Å²) in [5.74, 6) is -0.789. The van der Waals surface area contributed by atoms with Crippen molar-refractivity contribution in [2.24, 2.45) is 11.5 Å². The van der Waals surface area contributed by atoms with Crippen LogP contribution in [0.15, 0.2) is 18.6 Å². The van der Waals surface area contributed by atoms with Crippen LogP contribution >= 0.6 is 0 Å². The molecule has 86 valence electrons. The molecule has 0 bridgehead atoms. The van der Waals surface area contributed by atoms with Crippen LogP contribution in [0.5, 0.6) is 0 Å². The van der Waals surface area contributed by atoms with Crippen molar-refractivity contribution in [2.45, 2.75) is 6.04 Å². The number of nitrogens with one attached hydrogen (secondary N) is 1. The Morgan fingerprint density at radius 3 is 2.56 bits per heavy atom. The molecule has 1 atom stereocenters. The van der Waals surface area contributed by atoms with Crippen molar-refractivity contribution in [3.8, 4) is 0 Å². The van der Waals surface area contributed by atoms with E-state index in [1.165, 1.54) is 18.6 Å². The summed E-state index contributed by atoms with van der Waals surface area (Å²) >= 11 is 0. The highest BCUT2D eigenvalue weighted by Crippen LogP contribution is 1.87. The van der Waals surface area contributed by atoms with E-state index in [1.807, 2.05) is 0 Å². The number of amides is 2. The molecule has 0 aromatic carbocycles. The number of carbonyl (C=O) groups is 2. The van der Waals surface area contributed by atoms with E-state index >= 15 is 0 Å². The maximum Gasteiger partial charge on any atom is 0.268 e. The summed E-state index contributed by atoms with van der Waals surface area (Å²) in [5, 5.41) is 0. The fourth-order valence-electron chi connectivity index (χ4n) is 0.780. The molecule has 16 heavy (non-hydrogen) atoms. The minimum absolute atomic E-state index is 0.192. The largest absolute Gasteiger partial charge is 0.364 e. The molecular weight excluding hydrogens is 214 g/mol. The zero-order chi connectivity index (χ0) is 12.0. The van der Waals surface area contributed by atoms with Gasteiger partial charge in [-0.15, -0.1) is 0 Å². The van der Waals surface area contributed by atoms with Crippen LogP contribution < -0.4 is 16.9 Å². The first kappa shape index (κ1) is 12.0. The smallest absolute Gasteiger partial charge is 0.268 e. The maximum atomic E-state index is 10.3. The molecule has 2 amide bonds. The number of rotatable bonds is 1. The van der Waals surface area contributed by atoms with Crippen LogP contribution in [0, 0.1) is 0 Å². The Kier molecular flexibility index (Phi) is 4.30. The van der Waals surface area contributed by atoms with Gasteiger partial charge in [0, 0.05) is 12.4 Å². The first-order chi connectivity index (χ1) is 7.61. The van der Waals surface area contributed by atoms with E-state index < -0.39 is 11.9 Å². The van der Waals surface area contributed by atoms with Crippen LogP contribution in [0.4, 0.5) is 0 Å². The molecule has 8 heteroatoms. The minimum Gasteiger partial charge on any atom is -0.364 e. The Morgan fingerprint density at radius 2 is 2.31 bits per heavy atom. The van der Waals surface area contributed by atoms with Gasteiger partial charge in [-0.3, -0.25) is 19.4 Å². The molecule has 0 unspecified atom stereocenters. The van der Waals surface area contributed by atoms with Gasteiger partial charge in [0.25, 0.3) is 11.8 Å². The number of hydroxylamine groups is 1. The van der Waals surface area contributed by atoms with Gasteiger partial charge in [0.2, 0.25) is 0 Å². The Morgan fingerprint density at radius 1 is 1.56 bits per heavy atom. The first-order valence-corrected chi connectivity index (χ1v) is 4.34. The van der Waals surface area contributed by atoms with Gasteiger partial charge in [-0.2, -0.15) is 0 Å². The highest BCUT2D eigenvalue weighted by Gasteiger charge is 2.19. The number of nitrogens with zero attached hydrogens (tertiary/aromatic N) is 2. The molecule has 2 heterocycles. The molecule has 2 rings (SSSR count). The monoisotopic (exact) mass is 225 g/mol. The second-order valence-electron chi connectivity index (χ2n) is 2.84. The average molecular weight is 225 g/mol. The summed E-state index contributed by atoms with van der Waals surface area (Å²) in [4.78, 5) is 32.3. The number of hydrogen-bond donors (Lipinski definition) is 3. The molecule has 5 N–H and O–H groups in total. The lowest BCUT2D eigenvalue weighted by molar-refractivity contribution is -0.124. The van der Waals surface area contributed by atoms with E-state index in [0.717, 1.165) is 0 Å². The molecule has 0 saturated carbocycles. The first-order valence-electron chi connectivity index (χ1n) is 4.34. The molecule has 8 nitrogen and oxygen atoms in total. The van der Waals surface area contributed by atoms with E-state index in [0.29, 0.717) is 6.61 Å². The van der Waals surface area contributed by atoms with Crippen molar-refractivity contribution in [2.75, 3.05) is 6.61 Å². The number of nitrogens with two attached hydrogens (primary N) is 2. The van der Waals surface area contributed by atoms with Crippen molar-refractivity contribution in [3.05, 3.63) is 24.3 Å². The van der Waals surface area contributed by atoms with Crippen molar-refractivity contribution in [1.29, 1.82) is 0 Å². The predicted molar refractivity (Wildman–Crippen MR) is 52.6 cm³/mol. The molecule has 1 aromatic rings. The lowest BCUT2D eigenvalue weighted by Crippen LogP contribution is -2.31. The topological polar surface area (TPSA) is 133 Å². The van der Waals surface area contributed by atoms with Crippen molar-refractivity contribution in [3.63, 3.8) is 0 Å².